The fourth-order valence-electron chi connectivity index (χ4n) is 4.19. The van der Waals surface area contributed by atoms with Crippen LogP contribution in [0.3, 0.4) is 0 Å². The first kappa shape index (κ1) is 23.8. The van der Waals surface area contributed by atoms with E-state index in [1.165, 1.54) is 4.90 Å². The van der Waals surface area contributed by atoms with Crippen LogP contribution in [0.15, 0.2) is 18.2 Å². The highest BCUT2D eigenvalue weighted by Gasteiger charge is 2.30. The van der Waals surface area contributed by atoms with E-state index in [4.69, 9.17) is 22.4 Å². The highest BCUT2D eigenvalue weighted by Crippen LogP contribution is 2.33. The molecule has 172 valence electrons. The molecule has 2 aliphatic rings. The van der Waals surface area contributed by atoms with Crippen molar-refractivity contribution in [1.82, 2.24) is 19.6 Å². The molecule has 11 heteroatoms. The molecular formula is C21H25ClIN5O3S. The summed E-state index contributed by atoms with van der Waals surface area (Å²) in [6.07, 6.45) is -0.00960. The third-order valence-corrected chi connectivity index (χ3v) is 8.26. The van der Waals surface area contributed by atoms with E-state index < -0.39 is 17.9 Å². The first-order valence-electron chi connectivity index (χ1n) is 10.4. The molecule has 0 unspecified atom stereocenters. The molecule has 1 saturated heterocycles. The van der Waals surface area contributed by atoms with Gasteiger partial charge in [0.25, 0.3) is 0 Å². The van der Waals surface area contributed by atoms with Gasteiger partial charge in [0.05, 0.1) is 29.9 Å². The van der Waals surface area contributed by atoms with Crippen LogP contribution in [0.4, 0.5) is 0 Å². The van der Waals surface area contributed by atoms with Gasteiger partial charge in [0.2, 0.25) is 0 Å². The van der Waals surface area contributed by atoms with Gasteiger partial charge in [-0.2, -0.15) is 16.9 Å². The van der Waals surface area contributed by atoms with Crippen molar-refractivity contribution in [2.75, 3.05) is 37.7 Å². The normalized spacial score (nSPS) is 17.8. The summed E-state index contributed by atoms with van der Waals surface area (Å²) in [6.45, 7) is 3.59. The number of fused-ring (bicyclic) bond motifs is 1. The summed E-state index contributed by atoms with van der Waals surface area (Å²) >= 11 is 10.3. The summed E-state index contributed by atoms with van der Waals surface area (Å²) in [5.41, 5.74) is 8.70. The first-order valence-corrected chi connectivity index (χ1v) is 13.1. The van der Waals surface area contributed by atoms with Gasteiger partial charge in [-0.25, -0.2) is 0 Å². The highest BCUT2D eigenvalue weighted by atomic mass is 127. The minimum atomic E-state index is -0.960. The molecule has 0 radical (unpaired) electrons. The lowest BCUT2D eigenvalue weighted by Gasteiger charge is -2.29. The number of nitrogens with zero attached hydrogens (tertiary/aromatic N) is 4. The van der Waals surface area contributed by atoms with Crippen molar-refractivity contribution in [3.8, 4) is 11.3 Å². The maximum Gasteiger partial charge on any atom is 0.311 e. The van der Waals surface area contributed by atoms with Crippen LogP contribution < -0.4 is 5.73 Å². The van der Waals surface area contributed by atoms with Crippen molar-refractivity contribution in [2.24, 2.45) is 5.73 Å². The van der Waals surface area contributed by atoms with E-state index >= 15 is 0 Å². The molecule has 3 N–H and O–H groups in total. The van der Waals surface area contributed by atoms with Gasteiger partial charge in [-0.3, -0.25) is 19.2 Å². The molecular weight excluding hydrogens is 565 g/mol. The van der Waals surface area contributed by atoms with Crippen molar-refractivity contribution in [1.29, 1.82) is 0 Å². The molecule has 2 aliphatic heterocycles. The lowest BCUT2D eigenvalue weighted by molar-refractivity contribution is -0.144. The van der Waals surface area contributed by atoms with Crippen LogP contribution in [0.5, 0.6) is 0 Å². The SMILES string of the molecule is NC(=O)C(=O)N1CCc2c(c(-c3ccc(Cl)c(I)c3)nn2C[C@@H](O)CN2CCSCC2)C1. The minimum absolute atomic E-state index is 0.255. The van der Waals surface area contributed by atoms with Crippen LogP contribution in [0.25, 0.3) is 11.3 Å². The average molecular weight is 590 g/mol. The molecule has 0 saturated carbocycles. The fraction of sp³-hybridized carbons (Fsp3) is 0.476. The molecule has 2 aromatic rings. The Hall–Kier alpha value is -1.34. The van der Waals surface area contributed by atoms with E-state index in [1.54, 1.807) is 0 Å². The Morgan fingerprint density at radius 3 is 2.69 bits per heavy atom. The topological polar surface area (TPSA) is 105 Å². The largest absolute Gasteiger partial charge is 0.390 e. The number of rotatable bonds is 5. The van der Waals surface area contributed by atoms with Crippen LogP contribution in [0.1, 0.15) is 11.3 Å². The lowest BCUT2D eigenvalue weighted by atomic mass is 10.0. The molecule has 1 fully saturated rings. The maximum atomic E-state index is 12.2. The molecule has 3 heterocycles. The van der Waals surface area contributed by atoms with Crippen molar-refractivity contribution in [2.45, 2.75) is 25.6 Å². The summed E-state index contributed by atoms with van der Waals surface area (Å²) in [6, 6.07) is 5.67. The smallest absolute Gasteiger partial charge is 0.311 e. The Bertz CT molecular complexity index is 1030. The van der Waals surface area contributed by atoms with Crippen molar-refractivity contribution < 1.29 is 14.7 Å². The molecule has 0 bridgehead atoms. The van der Waals surface area contributed by atoms with Gasteiger partial charge < -0.3 is 15.7 Å². The van der Waals surface area contributed by atoms with Crippen molar-refractivity contribution in [3.63, 3.8) is 0 Å². The zero-order valence-electron chi connectivity index (χ0n) is 17.5. The number of nitrogens with two attached hydrogens (primary N) is 1. The highest BCUT2D eigenvalue weighted by molar-refractivity contribution is 14.1. The van der Waals surface area contributed by atoms with E-state index in [9.17, 15) is 14.7 Å². The Morgan fingerprint density at radius 1 is 1.25 bits per heavy atom. The summed E-state index contributed by atoms with van der Waals surface area (Å²) in [4.78, 5) is 27.4. The summed E-state index contributed by atoms with van der Waals surface area (Å²) in [5.74, 6) is 0.529. The van der Waals surface area contributed by atoms with E-state index in [2.05, 4.69) is 27.5 Å². The second-order valence-electron chi connectivity index (χ2n) is 7.99. The number of hydrogen-bond donors (Lipinski definition) is 2. The van der Waals surface area contributed by atoms with Crippen LogP contribution in [-0.2, 0) is 29.1 Å². The Balaban J connectivity index is 1.63. The summed E-state index contributed by atoms with van der Waals surface area (Å²) in [7, 11) is 0. The number of carbonyl (C=O) groups is 2. The first-order chi connectivity index (χ1) is 15.3. The zero-order chi connectivity index (χ0) is 22.8. The summed E-state index contributed by atoms with van der Waals surface area (Å²) < 4.78 is 2.76. The molecule has 32 heavy (non-hydrogen) atoms. The minimum Gasteiger partial charge on any atom is -0.390 e. The number of primary amides is 1. The number of halogens is 2. The molecule has 2 amide bonds. The third-order valence-electron chi connectivity index (χ3n) is 5.78. The van der Waals surface area contributed by atoms with Crippen LogP contribution in [0.2, 0.25) is 5.02 Å². The second-order valence-corrected chi connectivity index (χ2v) is 10.8. The van der Waals surface area contributed by atoms with E-state index in [0.717, 1.165) is 50.7 Å². The van der Waals surface area contributed by atoms with Gasteiger partial charge in [-0.05, 0) is 34.7 Å². The monoisotopic (exact) mass is 589 g/mol. The number of β-amino-alcohol motifs (C(OH)–C–C–N with tert-alkyl or cyclic N) is 1. The van der Waals surface area contributed by atoms with Crippen molar-refractivity contribution in [3.05, 3.63) is 38.0 Å². The summed E-state index contributed by atoms with van der Waals surface area (Å²) in [5, 5.41) is 16.3. The number of carbonyl (C=O) groups excluding carboxylic acids is 2. The van der Waals surface area contributed by atoms with Gasteiger partial charge >= 0.3 is 11.8 Å². The van der Waals surface area contributed by atoms with Crippen LogP contribution in [-0.4, -0.2) is 80.3 Å². The van der Waals surface area contributed by atoms with Crippen molar-refractivity contribution >= 4 is 57.8 Å². The third kappa shape index (κ3) is 5.24. The average Bonchev–Trinajstić information content (AvgIpc) is 3.13. The fourth-order valence-corrected chi connectivity index (χ4v) is 5.80. The molecule has 4 rings (SSSR count). The number of benzene rings is 1. The maximum absolute atomic E-state index is 12.2. The van der Waals surface area contributed by atoms with Crippen LogP contribution in [0, 0.1) is 3.57 Å². The van der Waals surface area contributed by atoms with Gasteiger partial charge in [0.1, 0.15) is 0 Å². The van der Waals surface area contributed by atoms with Gasteiger partial charge in [-0.15, -0.1) is 0 Å². The number of amides is 2. The Morgan fingerprint density at radius 2 is 2.00 bits per heavy atom. The van der Waals surface area contributed by atoms with Crippen LogP contribution >= 0.6 is 46.0 Å². The van der Waals surface area contributed by atoms with Gasteiger partial charge in [0, 0.05) is 64.5 Å². The molecule has 8 nitrogen and oxygen atoms in total. The lowest BCUT2D eigenvalue weighted by Crippen LogP contribution is -2.43. The number of aliphatic hydroxyl groups excluding tert-OH is 1. The Kier molecular flexibility index (Phi) is 7.65. The second kappa shape index (κ2) is 10.3. The quantitative estimate of drug-likeness (QED) is 0.406. The van der Waals surface area contributed by atoms with Gasteiger partial charge in [-0.1, -0.05) is 17.7 Å². The Labute approximate surface area is 209 Å². The van der Waals surface area contributed by atoms with Gasteiger partial charge in [0.15, 0.2) is 0 Å². The molecule has 1 atom stereocenters. The van der Waals surface area contributed by atoms with E-state index in [-0.39, 0.29) is 6.54 Å². The molecule has 1 aromatic heterocycles. The van der Waals surface area contributed by atoms with E-state index in [0.29, 0.717) is 31.1 Å². The predicted molar refractivity (Wildman–Crippen MR) is 133 cm³/mol. The molecule has 1 aromatic carbocycles. The molecule has 0 spiro atoms. The number of hydrogen-bond acceptors (Lipinski definition) is 6. The standard InChI is InChI=1S/C21H25ClIN5O3S/c22-16-2-1-13(9-17(16)23)19-15-12-27(21(31)20(24)30)4-3-18(15)28(25-19)11-14(29)10-26-5-7-32-8-6-26/h1-2,9,14,29H,3-8,10-12H2,(H2,24,30)/t14-/m0/s1. The number of aliphatic hydroxyl groups is 1. The number of aromatic nitrogens is 2. The van der Waals surface area contributed by atoms with E-state index in [1.807, 2.05) is 34.6 Å². The predicted octanol–water partition coefficient (Wildman–Crippen LogP) is 1.59. The molecule has 0 aliphatic carbocycles. The number of thioether (sulfide) groups is 1. The zero-order valence-corrected chi connectivity index (χ0v) is 21.2.